The topological polar surface area (TPSA) is 148 Å². The number of carbonyl (C=O) groups excluding carboxylic acids is 2. The number of allylic oxidation sites excluding steroid dienone is 1. The van der Waals surface area contributed by atoms with Gasteiger partial charge in [-0.05, 0) is 79.3 Å². The fourth-order valence-corrected chi connectivity index (χ4v) is 8.79. The number of aliphatic hydroxyl groups is 2. The maximum absolute atomic E-state index is 14.1. The molecule has 6 unspecified atom stereocenters. The highest BCUT2D eigenvalue weighted by molar-refractivity contribution is 6.03. The summed E-state index contributed by atoms with van der Waals surface area (Å²) in [6.45, 7) is 6.82. The van der Waals surface area contributed by atoms with E-state index in [4.69, 9.17) is 28.9 Å². The zero-order chi connectivity index (χ0) is 40.9. The molecule has 3 aromatic rings. The molecule has 0 saturated heterocycles. The Labute approximate surface area is 341 Å². The molecule has 1 aliphatic heterocycles. The number of nitrogens with zero attached hydrogens (tertiary/aromatic N) is 2. The van der Waals surface area contributed by atoms with Gasteiger partial charge in [0.1, 0.15) is 30.8 Å². The SMILES string of the molecule is C=CCOC12Oc3ccc(OC(=O)NCC)cc3C3C(CCCCO)C(CCCCO)C=C(C(=NOCc4ccccc4)CC1N(C)C(=O)OCc1ccccc1)C32. The lowest BCUT2D eigenvalue weighted by Gasteiger charge is -2.59. The van der Waals surface area contributed by atoms with Crippen LogP contribution in [0.25, 0.3) is 0 Å². The Bertz CT molecular complexity index is 1890. The third kappa shape index (κ3) is 9.74. The van der Waals surface area contributed by atoms with Crippen LogP contribution in [0.2, 0.25) is 0 Å². The van der Waals surface area contributed by atoms with E-state index in [1.54, 1.807) is 30.2 Å². The Morgan fingerprint density at radius 1 is 0.966 bits per heavy atom. The Morgan fingerprint density at radius 2 is 1.66 bits per heavy atom. The minimum atomic E-state index is -1.44. The van der Waals surface area contributed by atoms with Crippen molar-refractivity contribution in [3.8, 4) is 11.5 Å². The zero-order valence-electron chi connectivity index (χ0n) is 33.6. The molecule has 3 aliphatic rings. The van der Waals surface area contributed by atoms with Crippen LogP contribution in [0.15, 0.2) is 108 Å². The van der Waals surface area contributed by atoms with Gasteiger partial charge in [0.25, 0.3) is 0 Å². The van der Waals surface area contributed by atoms with Gasteiger partial charge >= 0.3 is 12.2 Å². The second kappa shape index (κ2) is 20.5. The summed E-state index contributed by atoms with van der Waals surface area (Å²) >= 11 is 0. The number of aliphatic hydroxyl groups excluding tert-OH is 2. The second-order valence-corrected chi connectivity index (χ2v) is 15.1. The fraction of sp³-hybridized carbons (Fsp3) is 0.457. The van der Waals surface area contributed by atoms with Gasteiger partial charge in [0.05, 0.1) is 18.2 Å². The average Bonchev–Trinajstić information content (AvgIpc) is 3.24. The van der Waals surface area contributed by atoms with E-state index in [-0.39, 0.29) is 57.2 Å². The molecule has 3 N–H and O–H groups in total. The summed E-state index contributed by atoms with van der Waals surface area (Å²) in [7, 11) is 1.70. The first-order chi connectivity index (χ1) is 28.3. The number of likely N-dealkylation sites (N-methyl/N-ethyl adjacent to an activating group) is 1. The molecule has 0 bridgehead atoms. The van der Waals surface area contributed by atoms with Crippen molar-refractivity contribution in [2.45, 2.75) is 82.8 Å². The Kier molecular flexibility index (Phi) is 15.0. The summed E-state index contributed by atoms with van der Waals surface area (Å²) in [5.41, 5.74) is 4.22. The molecular weight excluding hydrogens is 739 g/mol. The van der Waals surface area contributed by atoms with Crippen LogP contribution < -0.4 is 14.8 Å². The molecule has 1 saturated carbocycles. The van der Waals surface area contributed by atoms with Crippen molar-refractivity contribution in [2.75, 3.05) is 33.4 Å². The quantitative estimate of drug-likeness (QED) is 0.0626. The fourth-order valence-electron chi connectivity index (χ4n) is 8.79. The normalized spacial score (nSPS) is 23.7. The number of nitrogens with one attached hydrogen (secondary N) is 1. The smallest absolute Gasteiger partial charge is 0.412 e. The van der Waals surface area contributed by atoms with Crippen LogP contribution in [0.5, 0.6) is 11.5 Å². The van der Waals surface area contributed by atoms with Crippen molar-refractivity contribution in [1.82, 2.24) is 10.2 Å². The molecule has 0 aromatic heterocycles. The molecule has 2 amide bonds. The molecule has 0 spiro atoms. The predicted octanol–water partition coefficient (Wildman–Crippen LogP) is 7.90. The average molecular weight is 796 g/mol. The first-order valence-electron chi connectivity index (χ1n) is 20.5. The van der Waals surface area contributed by atoms with E-state index in [9.17, 15) is 19.8 Å². The third-order valence-corrected chi connectivity index (χ3v) is 11.4. The van der Waals surface area contributed by atoms with Gasteiger partial charge in [-0.3, -0.25) is 0 Å². The monoisotopic (exact) mass is 795 g/mol. The van der Waals surface area contributed by atoms with Crippen LogP contribution in [0.3, 0.4) is 0 Å². The highest BCUT2D eigenvalue weighted by Gasteiger charge is 2.65. The van der Waals surface area contributed by atoms with Crippen LogP contribution >= 0.6 is 0 Å². The number of carbonyl (C=O) groups is 2. The Balaban J connectivity index is 1.52. The molecule has 3 aromatic carbocycles. The summed E-state index contributed by atoms with van der Waals surface area (Å²) in [5.74, 6) is -1.27. The molecule has 6 atom stereocenters. The molecule has 1 heterocycles. The van der Waals surface area contributed by atoms with Crippen molar-refractivity contribution in [3.05, 3.63) is 120 Å². The van der Waals surface area contributed by atoms with Crippen LogP contribution in [0.4, 0.5) is 9.59 Å². The number of benzene rings is 3. The number of unbranched alkanes of at least 4 members (excludes halogenated alkanes) is 2. The maximum atomic E-state index is 14.1. The van der Waals surface area contributed by atoms with Gasteiger partial charge in [0, 0.05) is 44.7 Å². The molecule has 310 valence electrons. The zero-order valence-corrected chi connectivity index (χ0v) is 33.6. The molecular formula is C46H57N3O9. The number of oxime groups is 1. The van der Waals surface area contributed by atoms with Gasteiger partial charge < -0.3 is 44.2 Å². The summed E-state index contributed by atoms with van der Waals surface area (Å²) in [5, 5.41) is 27.2. The minimum Gasteiger partial charge on any atom is -0.459 e. The maximum Gasteiger partial charge on any atom is 0.412 e. The molecule has 2 aliphatic carbocycles. The van der Waals surface area contributed by atoms with Gasteiger partial charge in [-0.15, -0.1) is 6.58 Å². The van der Waals surface area contributed by atoms with E-state index in [2.05, 4.69) is 18.0 Å². The molecule has 0 radical (unpaired) electrons. The van der Waals surface area contributed by atoms with Gasteiger partial charge in [-0.2, -0.15) is 0 Å². The summed E-state index contributed by atoms with van der Waals surface area (Å²) in [4.78, 5) is 34.5. The summed E-state index contributed by atoms with van der Waals surface area (Å²) < 4.78 is 25.8. The van der Waals surface area contributed by atoms with Gasteiger partial charge in [0.15, 0.2) is 0 Å². The first-order valence-corrected chi connectivity index (χ1v) is 20.5. The van der Waals surface area contributed by atoms with Crippen molar-refractivity contribution < 1.29 is 43.6 Å². The second-order valence-electron chi connectivity index (χ2n) is 15.1. The van der Waals surface area contributed by atoms with Crippen molar-refractivity contribution in [3.63, 3.8) is 0 Å². The summed E-state index contributed by atoms with van der Waals surface area (Å²) in [6, 6.07) is 24.0. The molecule has 58 heavy (non-hydrogen) atoms. The molecule has 1 fully saturated rings. The predicted molar refractivity (Wildman–Crippen MR) is 220 cm³/mol. The third-order valence-electron chi connectivity index (χ3n) is 11.4. The Hall–Kier alpha value is -5.17. The van der Waals surface area contributed by atoms with Gasteiger partial charge in [-0.1, -0.05) is 90.8 Å². The lowest BCUT2D eigenvalue weighted by Crippen LogP contribution is -2.69. The number of hydrogen-bond donors (Lipinski definition) is 3. The van der Waals surface area contributed by atoms with E-state index >= 15 is 0 Å². The van der Waals surface area contributed by atoms with Crippen molar-refractivity contribution in [1.29, 1.82) is 0 Å². The minimum absolute atomic E-state index is 0.00800. The number of ether oxygens (including phenoxy) is 4. The van der Waals surface area contributed by atoms with Gasteiger partial charge in [-0.25, -0.2) is 9.59 Å². The first kappa shape index (κ1) is 42.4. The van der Waals surface area contributed by atoms with E-state index in [1.165, 1.54) is 0 Å². The number of fused-ring (bicyclic) bond motifs is 2. The highest BCUT2D eigenvalue weighted by atomic mass is 16.7. The standard InChI is InChI=1S/C46H57N3O9/c1-4-26-55-46-41(49(3)45(53)54-30-32-16-8-6-9-17-32)29-39(48-56-31-33-18-10-7-11-19-33)37-27-34(20-12-14-24-50)36(21-13-15-25-51)42(43(37)46)38-28-35(22-23-40(38)58-46)57-44(52)47-5-2/h4,6-11,16-19,22-23,27-28,34,36,41-43,50-51H,1,5,12-15,20-21,24-26,29-31H2,2-3H3,(H,47,52). The van der Waals surface area contributed by atoms with E-state index in [0.717, 1.165) is 47.9 Å². The molecule has 6 rings (SSSR count). The van der Waals surface area contributed by atoms with Crippen LogP contribution in [0, 0.1) is 17.8 Å². The number of rotatable bonds is 19. The highest BCUT2D eigenvalue weighted by Crippen LogP contribution is 2.61. The van der Waals surface area contributed by atoms with Crippen molar-refractivity contribution in [2.24, 2.45) is 22.9 Å². The lowest BCUT2D eigenvalue weighted by atomic mass is 9.55. The largest absolute Gasteiger partial charge is 0.459 e. The van der Waals surface area contributed by atoms with Gasteiger partial charge in [0.2, 0.25) is 5.79 Å². The molecule has 12 nitrogen and oxygen atoms in total. The lowest BCUT2D eigenvalue weighted by molar-refractivity contribution is -0.253. The van der Waals surface area contributed by atoms with Crippen molar-refractivity contribution >= 4 is 17.9 Å². The van der Waals surface area contributed by atoms with E-state index in [1.807, 2.05) is 73.7 Å². The van der Waals surface area contributed by atoms with E-state index in [0.29, 0.717) is 36.6 Å². The van der Waals surface area contributed by atoms with Crippen LogP contribution in [-0.2, 0) is 27.5 Å². The Morgan fingerprint density at radius 3 is 2.33 bits per heavy atom. The van der Waals surface area contributed by atoms with Crippen LogP contribution in [0.1, 0.15) is 74.5 Å². The number of hydrogen-bond acceptors (Lipinski definition) is 10. The summed E-state index contributed by atoms with van der Waals surface area (Å²) in [6.07, 6.45) is 7.50. The van der Waals surface area contributed by atoms with E-state index < -0.39 is 29.9 Å². The molecule has 12 heteroatoms. The van der Waals surface area contributed by atoms with Crippen LogP contribution in [-0.4, -0.2) is 78.3 Å². The number of amides is 2.